The molecule has 2 nitrogen and oxygen atoms in total. The summed E-state index contributed by atoms with van der Waals surface area (Å²) in [7, 11) is 2.11. The van der Waals surface area contributed by atoms with Crippen molar-refractivity contribution in [3.8, 4) is 0 Å². The number of hydrogen-bond donors (Lipinski definition) is 0. The Morgan fingerprint density at radius 3 is 2.43 bits per heavy atom. The smallest absolute Gasteiger partial charge is 0.0480 e. The highest BCUT2D eigenvalue weighted by molar-refractivity contribution is 5.83. The van der Waals surface area contributed by atoms with Crippen LogP contribution in [0.1, 0.15) is 37.4 Å². The van der Waals surface area contributed by atoms with Crippen molar-refractivity contribution >= 4 is 10.9 Å². The van der Waals surface area contributed by atoms with E-state index in [1.54, 1.807) is 0 Å². The molecule has 1 heterocycles. The maximum atomic E-state index is 2.58. The molecule has 0 radical (unpaired) electrons. The Morgan fingerprint density at radius 2 is 1.74 bits per heavy atom. The summed E-state index contributed by atoms with van der Waals surface area (Å²) in [5.41, 5.74) is 4.14. The van der Waals surface area contributed by atoms with Crippen LogP contribution in [0.5, 0.6) is 0 Å². The van der Waals surface area contributed by atoms with E-state index in [1.165, 1.54) is 22.0 Å². The van der Waals surface area contributed by atoms with E-state index in [-0.39, 0.29) is 0 Å². The second kappa shape index (κ2) is 7.01. The first kappa shape index (κ1) is 15.8. The summed E-state index contributed by atoms with van der Waals surface area (Å²) >= 11 is 0. The van der Waals surface area contributed by atoms with Gasteiger partial charge in [-0.05, 0) is 36.2 Å². The molecule has 1 unspecified atom stereocenters. The molecule has 2 heteroatoms. The van der Waals surface area contributed by atoms with Crippen molar-refractivity contribution in [2.75, 3.05) is 6.54 Å². The van der Waals surface area contributed by atoms with E-state index in [4.69, 9.17) is 0 Å². The Balaban J connectivity index is 1.91. The van der Waals surface area contributed by atoms with Crippen LogP contribution in [0.4, 0.5) is 0 Å². The zero-order valence-electron chi connectivity index (χ0n) is 14.4. The molecule has 0 aliphatic carbocycles. The Bertz CT molecular complexity index is 758. The first-order valence-corrected chi connectivity index (χ1v) is 8.56. The van der Waals surface area contributed by atoms with Crippen LogP contribution >= 0.6 is 0 Å². The van der Waals surface area contributed by atoms with Gasteiger partial charge >= 0.3 is 0 Å². The molecule has 0 saturated carbocycles. The van der Waals surface area contributed by atoms with Crippen molar-refractivity contribution in [1.29, 1.82) is 0 Å². The molecule has 0 aliphatic rings. The van der Waals surface area contributed by atoms with Gasteiger partial charge in [0.25, 0.3) is 0 Å². The van der Waals surface area contributed by atoms with E-state index in [9.17, 15) is 0 Å². The summed E-state index contributed by atoms with van der Waals surface area (Å²) in [5, 5.41) is 1.37. The van der Waals surface area contributed by atoms with Crippen molar-refractivity contribution in [3.05, 3.63) is 71.9 Å². The van der Waals surface area contributed by atoms with Gasteiger partial charge in [0.1, 0.15) is 0 Å². The Labute approximate surface area is 139 Å². The molecule has 3 aromatic rings. The number of nitrogens with zero attached hydrogens (tertiary/aromatic N) is 2. The lowest BCUT2D eigenvalue weighted by Crippen LogP contribution is -2.28. The molecule has 0 spiro atoms. The minimum Gasteiger partial charge on any atom is -0.351 e. The second-order valence-corrected chi connectivity index (χ2v) is 6.17. The molecule has 23 heavy (non-hydrogen) atoms. The molecular formula is C21H26N2. The summed E-state index contributed by atoms with van der Waals surface area (Å²) in [6.45, 7) is 6.59. The number of aryl methyl sites for hydroxylation is 1. The lowest BCUT2D eigenvalue weighted by molar-refractivity contribution is 0.194. The fourth-order valence-corrected chi connectivity index (χ4v) is 3.55. The molecule has 2 aromatic carbocycles. The van der Waals surface area contributed by atoms with Crippen molar-refractivity contribution in [2.45, 2.75) is 32.9 Å². The first-order chi connectivity index (χ1) is 11.2. The van der Waals surface area contributed by atoms with Gasteiger partial charge in [0, 0.05) is 36.7 Å². The zero-order valence-corrected chi connectivity index (χ0v) is 14.4. The number of fused-ring (bicyclic) bond motifs is 1. The zero-order chi connectivity index (χ0) is 16.2. The molecule has 0 aliphatic heterocycles. The molecule has 0 bridgehead atoms. The molecule has 0 N–H and O–H groups in total. The lowest BCUT2D eigenvalue weighted by atomic mass is 10.0. The third-order valence-electron chi connectivity index (χ3n) is 4.81. The van der Waals surface area contributed by atoms with Crippen LogP contribution in [0.2, 0.25) is 0 Å². The van der Waals surface area contributed by atoms with Gasteiger partial charge in [-0.1, -0.05) is 56.3 Å². The summed E-state index contributed by atoms with van der Waals surface area (Å²) < 4.78 is 2.20. The Hall–Kier alpha value is -2.06. The van der Waals surface area contributed by atoms with Crippen LogP contribution in [0, 0.1) is 0 Å². The molecule has 0 amide bonds. The quantitative estimate of drug-likeness (QED) is 0.611. The normalized spacial score (nSPS) is 12.9. The van der Waals surface area contributed by atoms with E-state index >= 15 is 0 Å². The maximum Gasteiger partial charge on any atom is 0.0480 e. The summed E-state index contributed by atoms with van der Waals surface area (Å²) in [4.78, 5) is 2.58. The fraction of sp³-hybridized carbons (Fsp3) is 0.333. The average Bonchev–Trinajstić information content (AvgIpc) is 2.98. The lowest BCUT2D eigenvalue weighted by Gasteiger charge is -2.30. The van der Waals surface area contributed by atoms with E-state index in [0.29, 0.717) is 6.04 Å². The van der Waals surface area contributed by atoms with Gasteiger partial charge in [-0.25, -0.2) is 0 Å². The summed E-state index contributed by atoms with van der Waals surface area (Å²) in [6.07, 6.45) is 3.28. The van der Waals surface area contributed by atoms with Gasteiger partial charge in [-0.15, -0.1) is 0 Å². The van der Waals surface area contributed by atoms with E-state index < -0.39 is 0 Å². The van der Waals surface area contributed by atoms with Gasteiger partial charge in [0.15, 0.2) is 0 Å². The predicted molar refractivity (Wildman–Crippen MR) is 98.5 cm³/mol. The third-order valence-corrected chi connectivity index (χ3v) is 4.81. The summed E-state index contributed by atoms with van der Waals surface area (Å²) in [6, 6.07) is 20.2. The first-order valence-electron chi connectivity index (χ1n) is 8.56. The van der Waals surface area contributed by atoms with Crippen molar-refractivity contribution in [2.24, 2.45) is 7.05 Å². The van der Waals surface area contributed by atoms with E-state index in [2.05, 4.69) is 91.2 Å². The minimum atomic E-state index is 0.472. The van der Waals surface area contributed by atoms with Crippen LogP contribution < -0.4 is 0 Å². The topological polar surface area (TPSA) is 8.17 Å². The summed E-state index contributed by atoms with van der Waals surface area (Å²) in [5.74, 6) is 0. The van der Waals surface area contributed by atoms with Crippen LogP contribution in [-0.2, 0) is 13.6 Å². The monoisotopic (exact) mass is 306 g/mol. The number of aromatic nitrogens is 1. The molecular weight excluding hydrogens is 280 g/mol. The fourth-order valence-electron chi connectivity index (χ4n) is 3.55. The van der Waals surface area contributed by atoms with Crippen LogP contribution in [0.3, 0.4) is 0 Å². The van der Waals surface area contributed by atoms with Gasteiger partial charge in [0.05, 0.1) is 0 Å². The number of benzene rings is 2. The van der Waals surface area contributed by atoms with Crippen LogP contribution in [0.15, 0.2) is 60.8 Å². The highest BCUT2D eigenvalue weighted by atomic mass is 15.1. The van der Waals surface area contributed by atoms with Crippen molar-refractivity contribution in [1.82, 2.24) is 9.47 Å². The Morgan fingerprint density at radius 1 is 0.957 bits per heavy atom. The standard InChI is InChI=1S/C21H26N2/c1-4-20(17-10-7-6-8-11-17)23(5-2)16-18-12-9-13-21-19(18)14-15-22(21)3/h6-15,20H,4-5,16H2,1-3H3. The van der Waals surface area contributed by atoms with Gasteiger partial charge in [-0.3, -0.25) is 4.90 Å². The maximum absolute atomic E-state index is 2.58. The van der Waals surface area contributed by atoms with Crippen molar-refractivity contribution in [3.63, 3.8) is 0 Å². The number of hydrogen-bond acceptors (Lipinski definition) is 1. The van der Waals surface area contributed by atoms with Gasteiger partial charge in [-0.2, -0.15) is 0 Å². The molecule has 120 valence electrons. The highest BCUT2D eigenvalue weighted by Gasteiger charge is 2.18. The largest absolute Gasteiger partial charge is 0.351 e. The average molecular weight is 306 g/mol. The van der Waals surface area contributed by atoms with E-state index in [0.717, 1.165) is 19.5 Å². The molecule has 0 fully saturated rings. The third kappa shape index (κ3) is 3.18. The van der Waals surface area contributed by atoms with E-state index in [1.807, 2.05) is 0 Å². The van der Waals surface area contributed by atoms with Crippen LogP contribution in [0.25, 0.3) is 10.9 Å². The molecule has 3 rings (SSSR count). The highest BCUT2D eigenvalue weighted by Crippen LogP contribution is 2.28. The molecule has 0 saturated heterocycles. The Kier molecular flexibility index (Phi) is 4.82. The second-order valence-electron chi connectivity index (χ2n) is 6.17. The molecule has 1 atom stereocenters. The van der Waals surface area contributed by atoms with Gasteiger partial charge < -0.3 is 4.57 Å². The SMILES string of the molecule is CCC(c1ccccc1)N(CC)Cc1cccc2c1ccn2C. The minimum absolute atomic E-state index is 0.472. The number of rotatable bonds is 6. The van der Waals surface area contributed by atoms with Gasteiger partial charge in [0.2, 0.25) is 0 Å². The van der Waals surface area contributed by atoms with Crippen molar-refractivity contribution < 1.29 is 0 Å². The predicted octanol–water partition coefficient (Wildman–Crippen LogP) is 5.15. The van der Waals surface area contributed by atoms with Crippen LogP contribution in [-0.4, -0.2) is 16.0 Å². The molecule has 1 aromatic heterocycles.